The number of carbonyl (C=O) groups is 1. The van der Waals surface area contributed by atoms with Gasteiger partial charge in [-0.25, -0.2) is 4.79 Å². The topological polar surface area (TPSA) is 70.8 Å². The van der Waals surface area contributed by atoms with Crippen LogP contribution in [0.3, 0.4) is 0 Å². The van der Waals surface area contributed by atoms with E-state index in [0.717, 1.165) is 11.1 Å². The van der Waals surface area contributed by atoms with Gasteiger partial charge in [0, 0.05) is 27.0 Å². The summed E-state index contributed by atoms with van der Waals surface area (Å²) in [4.78, 5) is 11.6. The molecular formula is C15H25NO4S. The molecule has 0 aliphatic rings. The van der Waals surface area contributed by atoms with Crippen molar-refractivity contribution < 1.29 is 19.0 Å². The summed E-state index contributed by atoms with van der Waals surface area (Å²) in [6, 6.07) is 3.63. The molecule has 1 atom stereocenters. The zero-order chi connectivity index (χ0) is 16.4. The van der Waals surface area contributed by atoms with Gasteiger partial charge in [0.1, 0.15) is 0 Å². The van der Waals surface area contributed by atoms with Crippen LogP contribution in [-0.2, 0) is 14.2 Å². The van der Waals surface area contributed by atoms with Gasteiger partial charge in [0.15, 0.2) is 0 Å². The number of nitrogen functional groups attached to an aromatic ring is 1. The van der Waals surface area contributed by atoms with Crippen LogP contribution in [0, 0.1) is 6.92 Å². The van der Waals surface area contributed by atoms with Crippen molar-refractivity contribution in [3.8, 4) is 0 Å². The Kier molecular flexibility index (Phi) is 9.86. The lowest BCUT2D eigenvalue weighted by Gasteiger charge is -2.18. The quantitative estimate of drug-likeness (QED) is 0.665. The zero-order valence-electron chi connectivity index (χ0n) is 13.6. The van der Waals surface area contributed by atoms with Gasteiger partial charge in [-0.15, -0.1) is 0 Å². The first-order valence-electron chi connectivity index (χ1n) is 6.37. The second kappa shape index (κ2) is 10.5. The SMILES string of the molecule is COC.COCC(SC)c1ccc(C(=O)OC)c(C)c1N. The van der Waals surface area contributed by atoms with Crippen molar-refractivity contribution in [2.45, 2.75) is 12.2 Å². The Morgan fingerprint density at radius 2 is 1.86 bits per heavy atom. The van der Waals surface area contributed by atoms with E-state index in [-0.39, 0.29) is 11.2 Å². The Labute approximate surface area is 131 Å². The van der Waals surface area contributed by atoms with Crippen molar-refractivity contribution in [3.05, 3.63) is 28.8 Å². The fourth-order valence-electron chi connectivity index (χ4n) is 1.80. The first kappa shape index (κ1) is 19.8. The summed E-state index contributed by atoms with van der Waals surface area (Å²) < 4.78 is 14.1. The van der Waals surface area contributed by atoms with Gasteiger partial charge in [-0.1, -0.05) is 6.07 Å². The number of thioether (sulfide) groups is 1. The van der Waals surface area contributed by atoms with Crippen molar-refractivity contribution in [1.82, 2.24) is 0 Å². The number of rotatable bonds is 5. The third-order valence-corrected chi connectivity index (χ3v) is 3.86. The maximum atomic E-state index is 11.6. The van der Waals surface area contributed by atoms with E-state index in [1.807, 2.05) is 19.2 Å². The first-order valence-corrected chi connectivity index (χ1v) is 7.66. The summed E-state index contributed by atoms with van der Waals surface area (Å²) in [5, 5.41) is 0.167. The van der Waals surface area contributed by atoms with Crippen LogP contribution in [0.15, 0.2) is 12.1 Å². The Morgan fingerprint density at radius 1 is 1.29 bits per heavy atom. The van der Waals surface area contributed by atoms with E-state index in [9.17, 15) is 4.79 Å². The monoisotopic (exact) mass is 315 g/mol. The van der Waals surface area contributed by atoms with Gasteiger partial charge < -0.3 is 19.9 Å². The molecule has 1 aromatic carbocycles. The normalized spacial score (nSPS) is 11.3. The molecule has 0 radical (unpaired) electrons. The van der Waals surface area contributed by atoms with Gasteiger partial charge in [-0.05, 0) is 30.4 Å². The number of methoxy groups -OCH3 is 3. The first-order chi connectivity index (χ1) is 9.98. The highest BCUT2D eigenvalue weighted by Crippen LogP contribution is 2.34. The molecule has 5 nitrogen and oxygen atoms in total. The maximum Gasteiger partial charge on any atom is 0.338 e. The molecule has 1 aromatic rings. The van der Waals surface area contributed by atoms with E-state index >= 15 is 0 Å². The molecule has 0 saturated carbocycles. The van der Waals surface area contributed by atoms with Gasteiger partial charge >= 0.3 is 5.97 Å². The number of nitrogens with two attached hydrogens (primary N) is 1. The molecule has 1 unspecified atom stereocenters. The number of esters is 1. The molecule has 120 valence electrons. The third kappa shape index (κ3) is 5.57. The van der Waals surface area contributed by atoms with Crippen LogP contribution in [0.1, 0.15) is 26.7 Å². The number of anilines is 1. The van der Waals surface area contributed by atoms with E-state index in [0.29, 0.717) is 17.9 Å². The van der Waals surface area contributed by atoms with Crippen LogP contribution in [-0.4, -0.2) is 47.3 Å². The molecule has 0 amide bonds. The number of benzene rings is 1. The van der Waals surface area contributed by atoms with Crippen molar-refractivity contribution in [2.75, 3.05) is 47.0 Å². The smallest absolute Gasteiger partial charge is 0.338 e. The molecule has 0 aliphatic carbocycles. The zero-order valence-corrected chi connectivity index (χ0v) is 14.4. The maximum absolute atomic E-state index is 11.6. The number of carbonyl (C=O) groups excluding carboxylic acids is 1. The average molecular weight is 315 g/mol. The number of hydrogen-bond donors (Lipinski definition) is 1. The summed E-state index contributed by atoms with van der Waals surface area (Å²) in [5.74, 6) is -0.363. The minimum Gasteiger partial charge on any atom is -0.465 e. The highest BCUT2D eigenvalue weighted by molar-refractivity contribution is 7.98. The largest absolute Gasteiger partial charge is 0.465 e. The van der Waals surface area contributed by atoms with Crippen molar-refractivity contribution >= 4 is 23.4 Å². The summed E-state index contributed by atoms with van der Waals surface area (Å²) in [6.07, 6.45) is 2.01. The van der Waals surface area contributed by atoms with Crippen LogP contribution in [0.5, 0.6) is 0 Å². The molecule has 0 heterocycles. The summed E-state index contributed by atoms with van der Waals surface area (Å²) >= 11 is 1.67. The fourth-order valence-corrected chi connectivity index (χ4v) is 2.53. The minimum absolute atomic E-state index is 0.167. The van der Waals surface area contributed by atoms with E-state index in [1.54, 1.807) is 39.2 Å². The van der Waals surface area contributed by atoms with Gasteiger partial charge in [0.05, 0.1) is 24.5 Å². The predicted molar refractivity (Wildman–Crippen MR) is 88.0 cm³/mol. The van der Waals surface area contributed by atoms with Crippen molar-refractivity contribution in [1.29, 1.82) is 0 Å². The lowest BCUT2D eigenvalue weighted by Crippen LogP contribution is -2.11. The van der Waals surface area contributed by atoms with Gasteiger partial charge in [-0.3, -0.25) is 0 Å². The summed E-state index contributed by atoms with van der Waals surface area (Å²) in [7, 11) is 6.27. The molecule has 0 spiro atoms. The van der Waals surface area contributed by atoms with E-state index in [2.05, 4.69) is 4.74 Å². The fraction of sp³-hybridized carbons (Fsp3) is 0.533. The number of hydrogen-bond acceptors (Lipinski definition) is 6. The Balaban J connectivity index is 0.00000122. The molecular weight excluding hydrogens is 290 g/mol. The van der Waals surface area contributed by atoms with Crippen molar-refractivity contribution in [2.24, 2.45) is 0 Å². The van der Waals surface area contributed by atoms with Crippen LogP contribution in [0.4, 0.5) is 5.69 Å². The van der Waals surface area contributed by atoms with Gasteiger partial charge in [0.2, 0.25) is 0 Å². The van der Waals surface area contributed by atoms with Crippen LogP contribution >= 0.6 is 11.8 Å². The molecule has 0 fully saturated rings. The molecule has 6 heteroatoms. The van der Waals surface area contributed by atoms with E-state index < -0.39 is 0 Å². The standard InChI is InChI=1S/C13H19NO3S.C2H6O/c1-8-9(13(15)17-3)5-6-10(12(8)14)11(18-4)7-16-2;1-3-2/h5-6,11H,7,14H2,1-4H3;1-2H3. The molecule has 0 saturated heterocycles. The lowest BCUT2D eigenvalue weighted by molar-refractivity contribution is 0.0600. The molecule has 0 aliphatic heterocycles. The minimum atomic E-state index is -0.363. The number of ether oxygens (including phenoxy) is 3. The van der Waals surface area contributed by atoms with E-state index in [4.69, 9.17) is 15.2 Å². The molecule has 1 rings (SSSR count). The van der Waals surface area contributed by atoms with Crippen LogP contribution in [0.25, 0.3) is 0 Å². The lowest BCUT2D eigenvalue weighted by atomic mass is 10.00. The second-order valence-electron chi connectivity index (χ2n) is 4.32. The van der Waals surface area contributed by atoms with Crippen LogP contribution < -0.4 is 5.73 Å². The third-order valence-electron chi connectivity index (χ3n) is 2.90. The highest BCUT2D eigenvalue weighted by atomic mass is 32.2. The van der Waals surface area contributed by atoms with Gasteiger partial charge in [0.25, 0.3) is 0 Å². The second-order valence-corrected chi connectivity index (χ2v) is 5.36. The molecule has 2 N–H and O–H groups in total. The molecule has 21 heavy (non-hydrogen) atoms. The molecule has 0 aromatic heterocycles. The Morgan fingerprint density at radius 3 is 2.29 bits per heavy atom. The Bertz CT molecular complexity index is 452. The predicted octanol–water partition coefficient (Wildman–Crippen LogP) is 2.68. The summed E-state index contributed by atoms with van der Waals surface area (Å²) in [5.41, 5.74) is 9.00. The highest BCUT2D eigenvalue weighted by Gasteiger charge is 2.18. The van der Waals surface area contributed by atoms with Crippen molar-refractivity contribution in [3.63, 3.8) is 0 Å². The Hall–Kier alpha value is -1.24. The summed E-state index contributed by atoms with van der Waals surface area (Å²) in [6.45, 7) is 2.41. The van der Waals surface area contributed by atoms with Gasteiger partial charge in [-0.2, -0.15) is 11.8 Å². The van der Waals surface area contributed by atoms with Crippen LogP contribution in [0.2, 0.25) is 0 Å². The average Bonchev–Trinajstić information content (AvgIpc) is 2.48. The van der Waals surface area contributed by atoms with E-state index in [1.165, 1.54) is 7.11 Å². The molecule has 0 bridgehead atoms.